The predicted octanol–water partition coefficient (Wildman–Crippen LogP) is 4.55. The molecular formula is C21H22N2O4. The lowest BCUT2D eigenvalue weighted by Crippen LogP contribution is -2.19. The Morgan fingerprint density at radius 3 is 2.81 bits per heavy atom. The molecule has 140 valence electrons. The van der Waals surface area contributed by atoms with Crippen molar-refractivity contribution >= 4 is 11.8 Å². The largest absolute Gasteiger partial charge is 0.513 e. The van der Waals surface area contributed by atoms with Crippen LogP contribution in [0.15, 0.2) is 36.5 Å². The topological polar surface area (TPSA) is 62.1 Å². The Morgan fingerprint density at radius 1 is 1.30 bits per heavy atom. The maximum atomic E-state index is 11.9. The van der Waals surface area contributed by atoms with Gasteiger partial charge in [0.25, 0.3) is 0 Å². The van der Waals surface area contributed by atoms with Gasteiger partial charge < -0.3 is 14.2 Å². The van der Waals surface area contributed by atoms with Crippen LogP contribution in [0.25, 0.3) is 5.65 Å². The summed E-state index contributed by atoms with van der Waals surface area (Å²) in [4.78, 5) is 16.6. The summed E-state index contributed by atoms with van der Waals surface area (Å²) in [5.41, 5.74) is 4.62. The lowest BCUT2D eigenvalue weighted by Gasteiger charge is -2.28. The number of imidazole rings is 1. The fourth-order valence-corrected chi connectivity index (χ4v) is 3.45. The predicted molar refractivity (Wildman–Crippen MR) is 100 cm³/mol. The second kappa shape index (κ2) is 6.95. The third-order valence-electron chi connectivity index (χ3n) is 4.95. The van der Waals surface area contributed by atoms with E-state index in [0.29, 0.717) is 11.5 Å². The Balaban J connectivity index is 1.81. The van der Waals surface area contributed by atoms with Crippen LogP contribution in [-0.4, -0.2) is 22.1 Å². The second-order valence-electron chi connectivity index (χ2n) is 6.62. The number of nitrogens with zero attached hydrogens (tertiary/aromatic N) is 2. The first-order valence-electron chi connectivity index (χ1n) is 9.15. The van der Waals surface area contributed by atoms with Gasteiger partial charge in [0.2, 0.25) is 0 Å². The van der Waals surface area contributed by atoms with Crippen LogP contribution in [0.3, 0.4) is 0 Å². The number of fused-ring (bicyclic) bond motifs is 3. The maximum absolute atomic E-state index is 11.9. The van der Waals surface area contributed by atoms with Gasteiger partial charge in [-0.1, -0.05) is 30.3 Å². The minimum atomic E-state index is -0.710. The van der Waals surface area contributed by atoms with Crippen molar-refractivity contribution in [3.8, 4) is 11.5 Å². The van der Waals surface area contributed by atoms with E-state index in [1.165, 1.54) is 0 Å². The molecule has 1 aliphatic heterocycles. The molecule has 27 heavy (non-hydrogen) atoms. The van der Waals surface area contributed by atoms with Crippen molar-refractivity contribution in [2.45, 2.75) is 39.7 Å². The van der Waals surface area contributed by atoms with Gasteiger partial charge in [-0.2, -0.15) is 0 Å². The number of ether oxygens (including phenoxy) is 3. The number of aryl methyl sites for hydroxylation is 2. The first kappa shape index (κ1) is 17.4. The summed E-state index contributed by atoms with van der Waals surface area (Å²) in [5, 5.41) is 0. The number of aromatic nitrogens is 2. The maximum Gasteiger partial charge on any atom is 0.513 e. The number of carbonyl (C=O) groups excluding carboxylic acids is 1. The van der Waals surface area contributed by atoms with Crippen molar-refractivity contribution in [3.05, 3.63) is 59.0 Å². The molecule has 3 aromatic rings. The average Bonchev–Trinajstić information content (AvgIpc) is 2.97. The summed E-state index contributed by atoms with van der Waals surface area (Å²) in [6.45, 7) is 5.95. The Labute approximate surface area is 157 Å². The average molecular weight is 366 g/mol. The molecule has 0 fully saturated rings. The standard InChI is InChI=1S/C21H22N2O4/c1-4-25-21(24)27-18-12-23-14(3)13(2)22-20(23)19-16(18)10-11-17(26-19)15-8-6-5-7-9-15/h5-9,12,17H,4,10-11H2,1-3H3. The zero-order valence-electron chi connectivity index (χ0n) is 15.7. The van der Waals surface area contributed by atoms with Crippen LogP contribution in [0, 0.1) is 13.8 Å². The Hall–Kier alpha value is -3.02. The van der Waals surface area contributed by atoms with E-state index in [0.717, 1.165) is 41.0 Å². The summed E-state index contributed by atoms with van der Waals surface area (Å²) in [6.07, 6.45) is 2.55. The molecular weight excluding hydrogens is 344 g/mol. The number of carbonyl (C=O) groups is 1. The van der Waals surface area contributed by atoms with Gasteiger partial charge in [-0.3, -0.25) is 4.40 Å². The van der Waals surface area contributed by atoms with Gasteiger partial charge in [0.05, 0.1) is 18.5 Å². The van der Waals surface area contributed by atoms with Crippen LogP contribution >= 0.6 is 0 Å². The molecule has 1 aromatic carbocycles. The van der Waals surface area contributed by atoms with E-state index in [1.54, 1.807) is 13.1 Å². The Kier molecular flexibility index (Phi) is 4.48. The second-order valence-corrected chi connectivity index (χ2v) is 6.62. The fourth-order valence-electron chi connectivity index (χ4n) is 3.45. The van der Waals surface area contributed by atoms with Crippen LogP contribution in [0.5, 0.6) is 11.5 Å². The highest BCUT2D eigenvalue weighted by Crippen LogP contribution is 2.42. The van der Waals surface area contributed by atoms with E-state index in [9.17, 15) is 4.79 Å². The van der Waals surface area contributed by atoms with Crippen molar-refractivity contribution in [1.82, 2.24) is 9.38 Å². The number of rotatable bonds is 3. The summed E-state index contributed by atoms with van der Waals surface area (Å²) in [7, 11) is 0. The van der Waals surface area contributed by atoms with E-state index in [-0.39, 0.29) is 12.7 Å². The SMILES string of the molecule is CCOC(=O)Oc1cn2c(C)c(C)nc2c2c1CCC(c1ccccc1)O2. The van der Waals surface area contributed by atoms with E-state index >= 15 is 0 Å². The normalized spacial score (nSPS) is 15.9. The van der Waals surface area contributed by atoms with Crippen molar-refractivity contribution in [2.24, 2.45) is 0 Å². The van der Waals surface area contributed by atoms with Crippen LogP contribution in [0.4, 0.5) is 4.79 Å². The monoisotopic (exact) mass is 366 g/mol. The van der Waals surface area contributed by atoms with Crippen LogP contribution in [0.2, 0.25) is 0 Å². The summed E-state index contributed by atoms with van der Waals surface area (Å²) < 4.78 is 18.7. The number of hydrogen-bond donors (Lipinski definition) is 0. The molecule has 2 aromatic heterocycles. The minimum absolute atomic E-state index is 0.0577. The number of benzene rings is 1. The molecule has 0 radical (unpaired) electrons. The van der Waals surface area contributed by atoms with Crippen molar-refractivity contribution in [2.75, 3.05) is 6.61 Å². The van der Waals surface area contributed by atoms with Gasteiger partial charge in [-0.25, -0.2) is 9.78 Å². The highest BCUT2D eigenvalue weighted by Gasteiger charge is 2.29. The summed E-state index contributed by atoms with van der Waals surface area (Å²) >= 11 is 0. The fraction of sp³-hybridized carbons (Fsp3) is 0.333. The van der Waals surface area contributed by atoms with Gasteiger partial charge in [0.1, 0.15) is 6.10 Å². The Bertz CT molecular complexity index is 995. The molecule has 1 unspecified atom stereocenters. The van der Waals surface area contributed by atoms with Gasteiger partial charge in [0.15, 0.2) is 17.1 Å². The van der Waals surface area contributed by atoms with E-state index < -0.39 is 6.16 Å². The van der Waals surface area contributed by atoms with E-state index in [4.69, 9.17) is 14.2 Å². The van der Waals surface area contributed by atoms with Crippen LogP contribution in [0.1, 0.15) is 42.0 Å². The third-order valence-corrected chi connectivity index (χ3v) is 4.95. The third kappa shape index (κ3) is 3.12. The number of pyridine rings is 1. The highest BCUT2D eigenvalue weighted by molar-refractivity contribution is 5.69. The van der Waals surface area contributed by atoms with E-state index in [1.807, 2.05) is 36.4 Å². The van der Waals surface area contributed by atoms with Crippen molar-refractivity contribution in [3.63, 3.8) is 0 Å². The van der Waals surface area contributed by atoms with Gasteiger partial charge in [-0.15, -0.1) is 0 Å². The summed E-state index contributed by atoms with van der Waals surface area (Å²) in [6, 6.07) is 10.1. The first-order chi connectivity index (χ1) is 13.1. The molecule has 6 nitrogen and oxygen atoms in total. The number of hydrogen-bond acceptors (Lipinski definition) is 5. The highest BCUT2D eigenvalue weighted by atomic mass is 16.7. The van der Waals surface area contributed by atoms with Crippen molar-refractivity contribution in [1.29, 1.82) is 0 Å². The minimum Gasteiger partial charge on any atom is -0.481 e. The molecule has 0 amide bonds. The zero-order chi connectivity index (χ0) is 19.0. The van der Waals surface area contributed by atoms with Gasteiger partial charge in [0, 0.05) is 11.3 Å². The molecule has 0 saturated heterocycles. The van der Waals surface area contributed by atoms with Crippen LogP contribution in [-0.2, 0) is 11.2 Å². The zero-order valence-corrected chi connectivity index (χ0v) is 15.7. The first-order valence-corrected chi connectivity index (χ1v) is 9.15. The Morgan fingerprint density at radius 2 is 2.07 bits per heavy atom. The molecule has 0 saturated carbocycles. The van der Waals surface area contributed by atoms with Gasteiger partial charge in [-0.05, 0) is 39.2 Å². The van der Waals surface area contributed by atoms with Gasteiger partial charge >= 0.3 is 6.16 Å². The lowest BCUT2D eigenvalue weighted by molar-refractivity contribution is 0.103. The summed E-state index contributed by atoms with van der Waals surface area (Å²) in [5.74, 6) is 1.14. The molecule has 0 N–H and O–H groups in total. The molecule has 0 bridgehead atoms. The molecule has 1 atom stereocenters. The lowest BCUT2D eigenvalue weighted by atomic mass is 9.97. The molecule has 6 heteroatoms. The van der Waals surface area contributed by atoms with E-state index in [2.05, 4.69) is 17.1 Å². The quantitative estimate of drug-likeness (QED) is 0.636. The smallest absolute Gasteiger partial charge is 0.481 e. The molecule has 1 aliphatic rings. The molecule has 4 rings (SSSR count). The van der Waals surface area contributed by atoms with Crippen molar-refractivity contribution < 1.29 is 19.0 Å². The molecule has 3 heterocycles. The van der Waals surface area contributed by atoms with Crippen LogP contribution < -0.4 is 9.47 Å². The molecule has 0 aliphatic carbocycles. The molecule has 0 spiro atoms.